The molecule has 2 aliphatic heterocycles. The van der Waals surface area contributed by atoms with Crippen molar-refractivity contribution in [1.29, 1.82) is 0 Å². The van der Waals surface area contributed by atoms with Gasteiger partial charge in [0.05, 0.1) is 23.6 Å². The number of hydrogen-bond acceptors (Lipinski definition) is 5. The number of nitrogens with two attached hydrogens (primary N) is 1. The van der Waals surface area contributed by atoms with Gasteiger partial charge in [-0.3, -0.25) is 4.99 Å². The molecule has 1 saturated heterocycles. The van der Waals surface area contributed by atoms with Crippen LogP contribution in [0.15, 0.2) is 4.99 Å². The van der Waals surface area contributed by atoms with Crippen molar-refractivity contribution in [1.82, 2.24) is 4.90 Å². The average Bonchev–Trinajstić information content (AvgIpc) is 3.04. The summed E-state index contributed by atoms with van der Waals surface area (Å²) in [6.45, 7) is 1.65. The van der Waals surface area contributed by atoms with E-state index in [9.17, 15) is 8.42 Å². The van der Waals surface area contributed by atoms with Gasteiger partial charge in [0.1, 0.15) is 0 Å². The van der Waals surface area contributed by atoms with Crippen molar-refractivity contribution in [2.45, 2.75) is 31.2 Å². The zero-order chi connectivity index (χ0) is 12.1. The van der Waals surface area contributed by atoms with Gasteiger partial charge in [-0.05, 0) is 31.6 Å². The average molecular weight is 257 g/mol. The molecule has 0 aromatic rings. The normalized spacial score (nSPS) is 30.6. The van der Waals surface area contributed by atoms with Gasteiger partial charge >= 0.3 is 0 Å². The summed E-state index contributed by atoms with van der Waals surface area (Å²) in [6, 6.07) is 0. The molecule has 2 N–H and O–H groups in total. The third-order valence-corrected chi connectivity index (χ3v) is 5.93. The van der Waals surface area contributed by atoms with E-state index in [2.05, 4.69) is 9.89 Å². The van der Waals surface area contributed by atoms with Crippen molar-refractivity contribution in [3.63, 3.8) is 0 Å². The first kappa shape index (κ1) is 11.3. The summed E-state index contributed by atoms with van der Waals surface area (Å²) in [5, 5.41) is 0. The predicted molar refractivity (Wildman–Crippen MR) is 66.5 cm³/mol. The molecular weight excluding hydrogens is 238 g/mol. The third kappa shape index (κ3) is 2.03. The summed E-state index contributed by atoms with van der Waals surface area (Å²) in [4.78, 5) is 6.54. The van der Waals surface area contributed by atoms with E-state index in [1.165, 1.54) is 12.8 Å². The van der Waals surface area contributed by atoms with Gasteiger partial charge in [-0.1, -0.05) is 0 Å². The number of aliphatic imine (C=N–C) groups is 1. The lowest BCUT2D eigenvalue weighted by Gasteiger charge is -2.42. The molecule has 0 aromatic heterocycles. The van der Waals surface area contributed by atoms with Crippen LogP contribution in [-0.4, -0.2) is 49.4 Å². The fourth-order valence-electron chi connectivity index (χ4n) is 2.83. The van der Waals surface area contributed by atoms with E-state index in [-0.39, 0.29) is 17.0 Å². The standard InChI is InChI=1S/C11H19N3O2S/c12-10-13-8-11(14(10)7-9-1-2-9)3-5-17(15,16)6-4-11/h9H,1-8H2,(H2,12,13). The van der Waals surface area contributed by atoms with Crippen LogP contribution >= 0.6 is 0 Å². The van der Waals surface area contributed by atoms with E-state index in [1.54, 1.807) is 0 Å². The van der Waals surface area contributed by atoms with Gasteiger partial charge in [-0.2, -0.15) is 0 Å². The fraction of sp³-hybridized carbons (Fsp3) is 0.909. The van der Waals surface area contributed by atoms with Crippen molar-refractivity contribution in [2.24, 2.45) is 16.6 Å². The number of nitrogens with zero attached hydrogens (tertiary/aromatic N) is 2. The molecule has 1 spiro atoms. The summed E-state index contributed by atoms with van der Waals surface area (Å²) < 4.78 is 23.1. The highest BCUT2D eigenvalue weighted by atomic mass is 32.2. The molecule has 2 fully saturated rings. The predicted octanol–water partition coefficient (Wildman–Crippen LogP) is -0.0259. The first-order valence-corrected chi connectivity index (χ1v) is 8.11. The van der Waals surface area contributed by atoms with E-state index >= 15 is 0 Å². The van der Waals surface area contributed by atoms with Gasteiger partial charge in [-0.15, -0.1) is 0 Å². The summed E-state index contributed by atoms with van der Waals surface area (Å²) >= 11 is 0. The van der Waals surface area contributed by atoms with E-state index in [0.29, 0.717) is 25.3 Å². The molecule has 3 aliphatic rings. The van der Waals surface area contributed by atoms with Crippen LogP contribution in [0.25, 0.3) is 0 Å². The summed E-state index contributed by atoms with van der Waals surface area (Å²) in [5.41, 5.74) is 5.87. The Balaban J connectivity index is 1.77. The van der Waals surface area contributed by atoms with E-state index in [0.717, 1.165) is 12.5 Å². The van der Waals surface area contributed by atoms with E-state index in [1.807, 2.05) is 0 Å². The Hall–Kier alpha value is -0.780. The Kier molecular flexibility index (Phi) is 2.40. The second kappa shape index (κ2) is 3.60. The topological polar surface area (TPSA) is 75.8 Å². The van der Waals surface area contributed by atoms with Crippen molar-refractivity contribution >= 4 is 15.8 Å². The number of sulfone groups is 1. The molecule has 0 aromatic carbocycles. The molecule has 0 bridgehead atoms. The first-order chi connectivity index (χ1) is 8.01. The largest absolute Gasteiger partial charge is 0.370 e. The lowest BCUT2D eigenvalue weighted by Crippen LogP contribution is -2.56. The van der Waals surface area contributed by atoms with Gasteiger partial charge in [0.25, 0.3) is 0 Å². The van der Waals surface area contributed by atoms with Gasteiger partial charge in [0.15, 0.2) is 15.8 Å². The molecule has 1 aliphatic carbocycles. The second-order valence-corrected chi connectivity index (χ2v) is 7.91. The highest BCUT2D eigenvalue weighted by Crippen LogP contribution is 2.38. The zero-order valence-electron chi connectivity index (χ0n) is 9.93. The molecule has 0 amide bonds. The van der Waals surface area contributed by atoms with E-state index < -0.39 is 9.84 Å². The van der Waals surface area contributed by atoms with Crippen molar-refractivity contribution in [3.8, 4) is 0 Å². The molecule has 17 heavy (non-hydrogen) atoms. The number of guanidine groups is 1. The van der Waals surface area contributed by atoms with Crippen LogP contribution in [0.5, 0.6) is 0 Å². The van der Waals surface area contributed by atoms with Crippen LogP contribution in [0.1, 0.15) is 25.7 Å². The molecule has 6 heteroatoms. The maximum absolute atomic E-state index is 11.5. The molecule has 5 nitrogen and oxygen atoms in total. The summed E-state index contributed by atoms with van der Waals surface area (Å²) in [5.74, 6) is 1.95. The highest BCUT2D eigenvalue weighted by Gasteiger charge is 2.47. The third-order valence-electron chi connectivity index (χ3n) is 4.28. The molecular formula is C11H19N3O2S. The van der Waals surface area contributed by atoms with E-state index in [4.69, 9.17) is 5.73 Å². The fourth-order valence-corrected chi connectivity index (χ4v) is 4.42. The minimum absolute atomic E-state index is 0.0853. The number of rotatable bonds is 2. The highest BCUT2D eigenvalue weighted by molar-refractivity contribution is 7.91. The summed E-state index contributed by atoms with van der Waals surface area (Å²) in [7, 11) is -2.82. The van der Waals surface area contributed by atoms with Crippen molar-refractivity contribution in [3.05, 3.63) is 0 Å². The molecule has 0 atom stereocenters. The van der Waals surface area contributed by atoms with Crippen molar-refractivity contribution < 1.29 is 8.42 Å². The maximum atomic E-state index is 11.5. The Labute approximate surface area is 102 Å². The van der Waals surface area contributed by atoms with Gasteiger partial charge in [0.2, 0.25) is 0 Å². The molecule has 0 radical (unpaired) electrons. The smallest absolute Gasteiger partial charge is 0.191 e. The Morgan fingerprint density at radius 1 is 1.35 bits per heavy atom. The van der Waals surface area contributed by atoms with Crippen LogP contribution in [0, 0.1) is 5.92 Å². The Morgan fingerprint density at radius 3 is 2.59 bits per heavy atom. The zero-order valence-corrected chi connectivity index (χ0v) is 10.7. The van der Waals surface area contributed by atoms with Crippen LogP contribution in [0.3, 0.4) is 0 Å². The quantitative estimate of drug-likeness (QED) is 0.754. The Morgan fingerprint density at radius 2 is 2.00 bits per heavy atom. The van der Waals surface area contributed by atoms with Gasteiger partial charge in [-0.25, -0.2) is 8.42 Å². The van der Waals surface area contributed by atoms with Crippen molar-refractivity contribution in [2.75, 3.05) is 24.6 Å². The lowest BCUT2D eigenvalue weighted by atomic mass is 9.91. The molecule has 2 heterocycles. The first-order valence-electron chi connectivity index (χ1n) is 6.29. The molecule has 96 valence electrons. The van der Waals surface area contributed by atoms with Crippen LogP contribution < -0.4 is 5.73 Å². The van der Waals surface area contributed by atoms with Gasteiger partial charge in [0, 0.05) is 6.54 Å². The molecule has 0 unspecified atom stereocenters. The maximum Gasteiger partial charge on any atom is 0.191 e. The van der Waals surface area contributed by atoms with Crippen LogP contribution in [0.4, 0.5) is 0 Å². The minimum atomic E-state index is -2.82. The molecule has 3 rings (SSSR count). The monoisotopic (exact) mass is 257 g/mol. The Bertz CT molecular complexity index is 439. The summed E-state index contributed by atoms with van der Waals surface area (Å²) in [6.07, 6.45) is 3.93. The second-order valence-electron chi connectivity index (χ2n) is 5.60. The number of hydrogen-bond donors (Lipinski definition) is 1. The lowest BCUT2D eigenvalue weighted by molar-refractivity contribution is 0.176. The van der Waals surface area contributed by atoms with Crippen LogP contribution in [-0.2, 0) is 9.84 Å². The van der Waals surface area contributed by atoms with Crippen LogP contribution in [0.2, 0.25) is 0 Å². The SMILES string of the molecule is NC1=NCC2(CCS(=O)(=O)CC2)N1CC1CC1. The molecule has 1 saturated carbocycles. The van der Waals surface area contributed by atoms with Gasteiger partial charge < -0.3 is 10.6 Å². The minimum Gasteiger partial charge on any atom is -0.370 e.